The van der Waals surface area contributed by atoms with Crippen LogP contribution >= 0.6 is 0 Å². The van der Waals surface area contributed by atoms with E-state index >= 15 is 0 Å². The van der Waals surface area contributed by atoms with E-state index in [2.05, 4.69) is 13.0 Å². The fraction of sp³-hybridized carbons (Fsp3) is 0.750. The number of ether oxygens (including phenoxy) is 2. The molecular formula is C12H20O3. The number of hydrogen-bond acceptors (Lipinski definition) is 3. The number of hydrogen-bond donors (Lipinski definition) is 0. The van der Waals surface area contributed by atoms with Crippen LogP contribution in [0.25, 0.3) is 0 Å². The highest BCUT2D eigenvalue weighted by molar-refractivity contribution is 5.76. The molecule has 86 valence electrons. The lowest BCUT2D eigenvalue weighted by Gasteiger charge is -2.13. The van der Waals surface area contributed by atoms with Gasteiger partial charge in [-0.15, -0.1) is 0 Å². The molecule has 1 aliphatic carbocycles. The standard InChI is InChI=1S/C12H20O3/c1-4-9-7-10(14-5-2)8-11(9)12(13)15-6-3/h7,10-11H,4-6,8H2,1-3H3. The molecule has 3 heteroatoms. The molecule has 15 heavy (non-hydrogen) atoms. The van der Waals surface area contributed by atoms with Crippen molar-refractivity contribution < 1.29 is 14.3 Å². The largest absolute Gasteiger partial charge is 0.466 e. The third-order valence-corrected chi connectivity index (χ3v) is 2.68. The van der Waals surface area contributed by atoms with Crippen molar-refractivity contribution in [2.24, 2.45) is 5.92 Å². The maximum atomic E-state index is 11.6. The van der Waals surface area contributed by atoms with Crippen molar-refractivity contribution >= 4 is 5.97 Å². The van der Waals surface area contributed by atoms with Gasteiger partial charge in [0.1, 0.15) is 0 Å². The zero-order valence-electron chi connectivity index (χ0n) is 9.79. The van der Waals surface area contributed by atoms with E-state index in [-0.39, 0.29) is 18.0 Å². The molecule has 0 radical (unpaired) electrons. The summed E-state index contributed by atoms with van der Waals surface area (Å²) in [4.78, 5) is 11.6. The van der Waals surface area contributed by atoms with Crippen LogP contribution in [-0.4, -0.2) is 25.3 Å². The number of rotatable bonds is 5. The minimum atomic E-state index is -0.104. The zero-order valence-corrected chi connectivity index (χ0v) is 9.79. The van der Waals surface area contributed by atoms with E-state index in [0.29, 0.717) is 13.2 Å². The molecule has 0 amide bonds. The van der Waals surface area contributed by atoms with Gasteiger partial charge in [0, 0.05) is 6.61 Å². The lowest BCUT2D eigenvalue weighted by atomic mass is 10.00. The molecule has 0 aromatic heterocycles. The van der Waals surface area contributed by atoms with Crippen LogP contribution < -0.4 is 0 Å². The van der Waals surface area contributed by atoms with Crippen molar-refractivity contribution in [1.29, 1.82) is 0 Å². The molecule has 0 aliphatic heterocycles. The van der Waals surface area contributed by atoms with Gasteiger partial charge in [-0.25, -0.2) is 0 Å². The minimum absolute atomic E-state index is 0.0773. The lowest BCUT2D eigenvalue weighted by Crippen LogP contribution is -2.19. The molecule has 0 aromatic carbocycles. The average molecular weight is 212 g/mol. The van der Waals surface area contributed by atoms with Crippen LogP contribution in [-0.2, 0) is 14.3 Å². The Morgan fingerprint density at radius 2 is 2.13 bits per heavy atom. The van der Waals surface area contributed by atoms with Crippen LogP contribution in [0.5, 0.6) is 0 Å². The highest BCUT2D eigenvalue weighted by Crippen LogP contribution is 2.31. The van der Waals surface area contributed by atoms with Gasteiger partial charge in [0.2, 0.25) is 0 Å². The Balaban J connectivity index is 2.60. The van der Waals surface area contributed by atoms with Crippen LogP contribution in [0.4, 0.5) is 0 Å². The van der Waals surface area contributed by atoms with Gasteiger partial charge in [-0.05, 0) is 26.7 Å². The van der Waals surface area contributed by atoms with Gasteiger partial charge in [0.15, 0.2) is 0 Å². The maximum Gasteiger partial charge on any atom is 0.313 e. The average Bonchev–Trinajstić information content (AvgIpc) is 2.62. The third-order valence-electron chi connectivity index (χ3n) is 2.68. The summed E-state index contributed by atoms with van der Waals surface area (Å²) < 4.78 is 10.6. The van der Waals surface area contributed by atoms with Gasteiger partial charge in [-0.3, -0.25) is 4.79 Å². The zero-order chi connectivity index (χ0) is 11.3. The monoisotopic (exact) mass is 212 g/mol. The van der Waals surface area contributed by atoms with Gasteiger partial charge in [0.05, 0.1) is 18.6 Å². The second kappa shape index (κ2) is 5.91. The Morgan fingerprint density at radius 3 is 2.67 bits per heavy atom. The van der Waals surface area contributed by atoms with Crippen LogP contribution in [0.1, 0.15) is 33.6 Å². The summed E-state index contributed by atoms with van der Waals surface area (Å²) in [5.41, 5.74) is 1.16. The van der Waals surface area contributed by atoms with Crippen molar-refractivity contribution in [3.63, 3.8) is 0 Å². The highest BCUT2D eigenvalue weighted by Gasteiger charge is 2.32. The number of esters is 1. The number of carbonyl (C=O) groups excluding carboxylic acids is 1. The molecule has 1 rings (SSSR count). The summed E-state index contributed by atoms with van der Waals surface area (Å²) >= 11 is 0. The molecule has 0 heterocycles. The Kier molecular flexibility index (Phi) is 4.82. The maximum absolute atomic E-state index is 11.6. The van der Waals surface area contributed by atoms with Crippen LogP contribution in [0.2, 0.25) is 0 Å². The van der Waals surface area contributed by atoms with E-state index in [4.69, 9.17) is 9.47 Å². The molecule has 2 atom stereocenters. The fourth-order valence-corrected chi connectivity index (χ4v) is 1.99. The molecule has 0 saturated carbocycles. The van der Waals surface area contributed by atoms with E-state index in [0.717, 1.165) is 18.4 Å². The second-order valence-corrected chi connectivity index (χ2v) is 3.63. The third kappa shape index (κ3) is 3.06. The lowest BCUT2D eigenvalue weighted by molar-refractivity contribution is -0.147. The predicted molar refractivity (Wildman–Crippen MR) is 58.5 cm³/mol. The van der Waals surface area contributed by atoms with E-state index in [1.807, 2.05) is 13.8 Å². The van der Waals surface area contributed by atoms with Gasteiger partial charge in [0.25, 0.3) is 0 Å². The first-order chi connectivity index (χ1) is 7.22. The van der Waals surface area contributed by atoms with Gasteiger partial charge in [-0.1, -0.05) is 18.6 Å². The van der Waals surface area contributed by atoms with Crippen molar-refractivity contribution in [1.82, 2.24) is 0 Å². The first kappa shape index (κ1) is 12.2. The van der Waals surface area contributed by atoms with E-state index in [9.17, 15) is 4.79 Å². The molecule has 2 unspecified atom stereocenters. The normalized spacial score (nSPS) is 25.1. The van der Waals surface area contributed by atoms with Gasteiger partial charge < -0.3 is 9.47 Å². The van der Waals surface area contributed by atoms with Crippen molar-refractivity contribution in [3.8, 4) is 0 Å². The van der Waals surface area contributed by atoms with Crippen molar-refractivity contribution in [2.75, 3.05) is 13.2 Å². The van der Waals surface area contributed by atoms with Gasteiger partial charge in [-0.2, -0.15) is 0 Å². The molecular weight excluding hydrogens is 192 g/mol. The van der Waals surface area contributed by atoms with Crippen LogP contribution in [0.3, 0.4) is 0 Å². The van der Waals surface area contributed by atoms with Gasteiger partial charge >= 0.3 is 5.97 Å². The summed E-state index contributed by atoms with van der Waals surface area (Å²) in [5.74, 6) is -0.181. The van der Waals surface area contributed by atoms with E-state index in [1.54, 1.807) is 0 Å². The Bertz CT molecular complexity index is 245. The topological polar surface area (TPSA) is 35.5 Å². The Labute approximate surface area is 91.4 Å². The van der Waals surface area contributed by atoms with E-state index in [1.165, 1.54) is 0 Å². The minimum Gasteiger partial charge on any atom is -0.466 e. The Hall–Kier alpha value is -0.830. The second-order valence-electron chi connectivity index (χ2n) is 3.63. The van der Waals surface area contributed by atoms with Crippen molar-refractivity contribution in [2.45, 2.75) is 39.7 Å². The molecule has 0 N–H and O–H groups in total. The predicted octanol–water partition coefficient (Wildman–Crippen LogP) is 2.31. The SMILES string of the molecule is CCOC(=O)C1CC(OCC)C=C1CC. The molecule has 0 spiro atoms. The quantitative estimate of drug-likeness (QED) is 0.518. The summed E-state index contributed by atoms with van der Waals surface area (Å²) in [6.45, 7) is 7.01. The summed E-state index contributed by atoms with van der Waals surface area (Å²) in [6, 6.07) is 0. The molecule has 0 fully saturated rings. The van der Waals surface area contributed by atoms with Crippen LogP contribution in [0, 0.1) is 5.92 Å². The molecule has 1 aliphatic rings. The summed E-state index contributed by atoms with van der Waals surface area (Å²) in [7, 11) is 0. The highest BCUT2D eigenvalue weighted by atomic mass is 16.5. The Morgan fingerprint density at radius 1 is 1.40 bits per heavy atom. The first-order valence-electron chi connectivity index (χ1n) is 5.71. The summed E-state index contributed by atoms with van der Waals surface area (Å²) in [5, 5.41) is 0. The molecule has 0 saturated heterocycles. The number of carbonyl (C=O) groups is 1. The fourth-order valence-electron chi connectivity index (χ4n) is 1.99. The molecule has 0 bridgehead atoms. The molecule has 0 aromatic rings. The first-order valence-corrected chi connectivity index (χ1v) is 5.71. The van der Waals surface area contributed by atoms with Crippen LogP contribution in [0.15, 0.2) is 11.6 Å². The van der Waals surface area contributed by atoms with Crippen molar-refractivity contribution in [3.05, 3.63) is 11.6 Å². The van der Waals surface area contributed by atoms with E-state index < -0.39 is 0 Å². The molecule has 3 nitrogen and oxygen atoms in total. The smallest absolute Gasteiger partial charge is 0.313 e. The summed E-state index contributed by atoms with van der Waals surface area (Å²) in [6.07, 6.45) is 3.81.